The molecule has 4 unspecified atom stereocenters. The summed E-state index contributed by atoms with van der Waals surface area (Å²) < 4.78 is 0. The van der Waals surface area contributed by atoms with E-state index in [4.69, 9.17) is 0 Å². The molecular formula is C12H20. The molecule has 3 rings (SSSR count). The summed E-state index contributed by atoms with van der Waals surface area (Å²) in [6.45, 7) is 9.70. The molecule has 68 valence electrons. The van der Waals surface area contributed by atoms with Crippen molar-refractivity contribution < 1.29 is 0 Å². The lowest BCUT2D eigenvalue weighted by atomic mass is 9.55. The quantitative estimate of drug-likeness (QED) is 0.482. The summed E-state index contributed by atoms with van der Waals surface area (Å²) >= 11 is 0. The highest BCUT2D eigenvalue weighted by atomic mass is 14.5. The first kappa shape index (κ1) is 8.34. The second-order valence-corrected chi connectivity index (χ2v) is 4.98. The standard InChI is InChI=1S/C12H20/c1-7-8(2)12-6-5-11(7)9(3)10(12)4/h5-12H,1-4H3. The van der Waals surface area contributed by atoms with Crippen LogP contribution in [0.5, 0.6) is 0 Å². The molecule has 1 saturated carbocycles. The average molecular weight is 164 g/mol. The first-order chi connectivity index (χ1) is 5.63. The molecule has 0 saturated heterocycles. The lowest BCUT2D eigenvalue weighted by Crippen LogP contribution is -2.44. The lowest BCUT2D eigenvalue weighted by molar-refractivity contribution is 0.0429. The Bertz CT molecular complexity index is 166. The number of fused-ring (bicyclic) bond motifs is 2. The van der Waals surface area contributed by atoms with Gasteiger partial charge in [-0.15, -0.1) is 0 Å². The van der Waals surface area contributed by atoms with Gasteiger partial charge in [-0.05, 0) is 35.5 Å². The first-order valence-corrected chi connectivity index (χ1v) is 5.31. The summed E-state index contributed by atoms with van der Waals surface area (Å²) in [5.41, 5.74) is 0. The van der Waals surface area contributed by atoms with Crippen LogP contribution in [0, 0.1) is 35.5 Å². The molecular weight excluding hydrogens is 144 g/mol. The third-order valence-corrected chi connectivity index (χ3v) is 4.64. The topological polar surface area (TPSA) is 0 Å². The van der Waals surface area contributed by atoms with E-state index in [9.17, 15) is 0 Å². The molecule has 0 heteroatoms. The molecule has 0 radical (unpaired) electrons. The minimum absolute atomic E-state index is 0.861. The third-order valence-electron chi connectivity index (χ3n) is 4.64. The van der Waals surface area contributed by atoms with Crippen molar-refractivity contribution in [1.82, 2.24) is 0 Å². The van der Waals surface area contributed by atoms with Gasteiger partial charge >= 0.3 is 0 Å². The second kappa shape index (κ2) is 2.61. The van der Waals surface area contributed by atoms with Crippen molar-refractivity contribution >= 4 is 0 Å². The van der Waals surface area contributed by atoms with Crippen molar-refractivity contribution in [2.24, 2.45) is 35.5 Å². The van der Waals surface area contributed by atoms with Gasteiger partial charge in [0, 0.05) is 0 Å². The van der Waals surface area contributed by atoms with Crippen molar-refractivity contribution in [2.75, 3.05) is 0 Å². The summed E-state index contributed by atoms with van der Waals surface area (Å²) in [6, 6.07) is 0. The molecule has 0 aromatic carbocycles. The minimum Gasteiger partial charge on any atom is -0.0846 e. The Kier molecular flexibility index (Phi) is 1.82. The van der Waals surface area contributed by atoms with E-state index in [1.165, 1.54) is 0 Å². The van der Waals surface area contributed by atoms with Gasteiger partial charge in [0.05, 0.1) is 0 Å². The molecule has 0 aliphatic heterocycles. The number of allylic oxidation sites excluding steroid dienone is 2. The number of rotatable bonds is 0. The molecule has 4 atom stereocenters. The maximum absolute atomic E-state index is 2.47. The lowest BCUT2D eigenvalue weighted by Gasteiger charge is -2.50. The summed E-state index contributed by atoms with van der Waals surface area (Å²) in [5, 5.41) is 0. The van der Waals surface area contributed by atoms with E-state index in [1.54, 1.807) is 0 Å². The van der Waals surface area contributed by atoms with E-state index in [0.29, 0.717) is 0 Å². The highest BCUT2D eigenvalue weighted by Crippen LogP contribution is 2.50. The third kappa shape index (κ3) is 0.901. The highest BCUT2D eigenvalue weighted by molar-refractivity contribution is 5.11. The Morgan fingerprint density at radius 1 is 0.583 bits per heavy atom. The predicted octanol–water partition coefficient (Wildman–Crippen LogP) is 3.35. The van der Waals surface area contributed by atoms with E-state index >= 15 is 0 Å². The van der Waals surface area contributed by atoms with E-state index in [1.807, 2.05) is 0 Å². The van der Waals surface area contributed by atoms with Crippen LogP contribution in [0.4, 0.5) is 0 Å². The molecule has 0 spiro atoms. The monoisotopic (exact) mass is 164 g/mol. The van der Waals surface area contributed by atoms with Crippen molar-refractivity contribution in [1.29, 1.82) is 0 Å². The van der Waals surface area contributed by atoms with Crippen LogP contribution in [0.1, 0.15) is 27.7 Å². The molecule has 0 N–H and O–H groups in total. The second-order valence-electron chi connectivity index (χ2n) is 4.98. The van der Waals surface area contributed by atoms with Crippen molar-refractivity contribution in [3.63, 3.8) is 0 Å². The average Bonchev–Trinajstić information content (AvgIpc) is 2.05. The molecule has 0 amide bonds. The molecule has 1 fully saturated rings. The molecule has 12 heavy (non-hydrogen) atoms. The molecule has 3 aliphatic carbocycles. The van der Waals surface area contributed by atoms with Gasteiger partial charge in [0.15, 0.2) is 0 Å². The summed E-state index contributed by atoms with van der Waals surface area (Å²) in [7, 11) is 0. The van der Waals surface area contributed by atoms with Crippen molar-refractivity contribution in [3.8, 4) is 0 Å². The van der Waals surface area contributed by atoms with Gasteiger partial charge in [0.2, 0.25) is 0 Å². The van der Waals surface area contributed by atoms with Crippen LogP contribution in [0.25, 0.3) is 0 Å². The first-order valence-electron chi connectivity index (χ1n) is 5.31. The number of hydrogen-bond acceptors (Lipinski definition) is 0. The zero-order chi connectivity index (χ0) is 8.88. The van der Waals surface area contributed by atoms with Crippen LogP contribution in [0.3, 0.4) is 0 Å². The largest absolute Gasteiger partial charge is 0.0846 e. The maximum Gasteiger partial charge on any atom is -0.0176 e. The van der Waals surface area contributed by atoms with E-state index in [0.717, 1.165) is 35.5 Å². The van der Waals surface area contributed by atoms with Crippen LogP contribution in [-0.4, -0.2) is 0 Å². The van der Waals surface area contributed by atoms with Crippen LogP contribution < -0.4 is 0 Å². The Morgan fingerprint density at radius 3 is 1.08 bits per heavy atom. The molecule has 0 nitrogen and oxygen atoms in total. The van der Waals surface area contributed by atoms with E-state index in [2.05, 4.69) is 39.8 Å². The molecule has 0 aromatic rings. The summed E-state index contributed by atoms with van der Waals surface area (Å²) in [4.78, 5) is 0. The summed E-state index contributed by atoms with van der Waals surface area (Å²) in [6.07, 6.45) is 4.94. The molecule has 0 heterocycles. The Morgan fingerprint density at radius 2 is 0.833 bits per heavy atom. The van der Waals surface area contributed by atoms with Gasteiger partial charge in [-0.2, -0.15) is 0 Å². The van der Waals surface area contributed by atoms with Gasteiger partial charge in [0.1, 0.15) is 0 Å². The smallest absolute Gasteiger partial charge is 0.0176 e. The Balaban J connectivity index is 2.32. The van der Waals surface area contributed by atoms with Crippen molar-refractivity contribution in [3.05, 3.63) is 12.2 Å². The van der Waals surface area contributed by atoms with Gasteiger partial charge in [-0.3, -0.25) is 0 Å². The predicted molar refractivity (Wildman–Crippen MR) is 52.8 cm³/mol. The van der Waals surface area contributed by atoms with Crippen LogP contribution in [-0.2, 0) is 0 Å². The van der Waals surface area contributed by atoms with Gasteiger partial charge in [-0.1, -0.05) is 39.8 Å². The molecule has 2 bridgehead atoms. The van der Waals surface area contributed by atoms with Gasteiger partial charge in [0.25, 0.3) is 0 Å². The van der Waals surface area contributed by atoms with Crippen LogP contribution >= 0.6 is 0 Å². The fraction of sp³-hybridized carbons (Fsp3) is 0.833. The normalized spacial score (nSPS) is 57.7. The van der Waals surface area contributed by atoms with E-state index < -0.39 is 0 Å². The highest BCUT2D eigenvalue weighted by Gasteiger charge is 2.43. The maximum atomic E-state index is 2.47. The van der Waals surface area contributed by atoms with Gasteiger partial charge < -0.3 is 0 Å². The SMILES string of the molecule is CC1C(C)C2C=CC1C(C)C2C. The fourth-order valence-corrected chi connectivity index (χ4v) is 3.32. The van der Waals surface area contributed by atoms with Crippen molar-refractivity contribution in [2.45, 2.75) is 27.7 Å². The molecule has 3 aliphatic rings. The Hall–Kier alpha value is -0.260. The number of hydrogen-bond donors (Lipinski definition) is 0. The fourth-order valence-electron chi connectivity index (χ4n) is 3.32. The van der Waals surface area contributed by atoms with Crippen LogP contribution in [0.2, 0.25) is 0 Å². The van der Waals surface area contributed by atoms with E-state index in [-0.39, 0.29) is 0 Å². The zero-order valence-electron chi connectivity index (χ0n) is 8.62. The minimum atomic E-state index is 0.861. The zero-order valence-corrected chi connectivity index (χ0v) is 8.62. The molecule has 0 aromatic heterocycles. The van der Waals surface area contributed by atoms with Crippen LogP contribution in [0.15, 0.2) is 12.2 Å². The summed E-state index contributed by atoms with van der Waals surface area (Å²) in [5.74, 6) is 5.36. The Labute approximate surface area is 76.1 Å². The van der Waals surface area contributed by atoms with Gasteiger partial charge in [-0.25, -0.2) is 0 Å².